The Morgan fingerprint density at radius 1 is 1.00 bits per heavy atom. The number of rotatable bonds is 0. The normalized spacial score (nSPS) is 18.9. The zero-order valence-electron chi connectivity index (χ0n) is 5.99. The van der Waals surface area contributed by atoms with Gasteiger partial charge in [-0.25, -0.2) is 4.99 Å². The van der Waals surface area contributed by atoms with Crippen LogP contribution in [0.3, 0.4) is 0 Å². The Bertz CT molecular complexity index is 285. The van der Waals surface area contributed by atoms with Crippen molar-refractivity contribution in [1.82, 2.24) is 0 Å². The van der Waals surface area contributed by atoms with Gasteiger partial charge in [0.2, 0.25) is 0 Å². The van der Waals surface area contributed by atoms with Crippen LogP contribution in [0.4, 0.5) is 0 Å². The summed E-state index contributed by atoms with van der Waals surface area (Å²) in [5, 5.41) is 0. The first-order valence-corrected chi connectivity index (χ1v) is 3.51. The molecule has 1 heterocycles. The van der Waals surface area contributed by atoms with Crippen molar-refractivity contribution in [3.8, 4) is 0 Å². The minimum atomic E-state index is 0.884. The Morgan fingerprint density at radius 2 is 1.82 bits per heavy atom. The highest BCUT2D eigenvalue weighted by atomic mass is 14.7. The lowest BCUT2D eigenvalue weighted by molar-refractivity contribution is 1.45. The third-order valence-electron chi connectivity index (χ3n) is 1.49. The van der Waals surface area contributed by atoms with Crippen molar-refractivity contribution in [2.45, 2.75) is 0 Å². The van der Waals surface area contributed by atoms with E-state index in [9.17, 15) is 0 Å². The standard InChI is InChI=1S/C10H7N/c1-2-6-10-8-9(4-1)5-3-7-11-10/h1-7H. The molecule has 0 aromatic rings. The van der Waals surface area contributed by atoms with Crippen molar-refractivity contribution >= 4 is 6.21 Å². The Morgan fingerprint density at radius 3 is 2.82 bits per heavy atom. The van der Waals surface area contributed by atoms with Crippen molar-refractivity contribution < 1.29 is 0 Å². The number of hydrogen-bond donors (Lipinski definition) is 0. The van der Waals surface area contributed by atoms with Crippen LogP contribution >= 0.6 is 0 Å². The van der Waals surface area contributed by atoms with E-state index in [0.29, 0.717) is 0 Å². The second-order valence-corrected chi connectivity index (χ2v) is 2.32. The Labute approximate surface area is 65.5 Å². The zero-order chi connectivity index (χ0) is 7.52. The summed E-state index contributed by atoms with van der Waals surface area (Å²) >= 11 is 0. The third kappa shape index (κ3) is 1.28. The lowest BCUT2D eigenvalue weighted by Gasteiger charge is -1.82. The van der Waals surface area contributed by atoms with Crippen LogP contribution in [-0.4, -0.2) is 6.21 Å². The summed E-state index contributed by atoms with van der Waals surface area (Å²) in [5.41, 5.74) is 5.11. The summed E-state index contributed by atoms with van der Waals surface area (Å²) < 4.78 is 0. The Balaban J connectivity index is 2.58. The second kappa shape index (κ2) is 2.57. The van der Waals surface area contributed by atoms with Gasteiger partial charge in [-0.05, 0) is 24.3 Å². The van der Waals surface area contributed by atoms with Crippen molar-refractivity contribution in [1.29, 1.82) is 0 Å². The first kappa shape index (κ1) is 6.14. The summed E-state index contributed by atoms with van der Waals surface area (Å²) in [6, 6.07) is 0. The fourth-order valence-corrected chi connectivity index (χ4v) is 0.980. The molecule has 1 aliphatic carbocycles. The molecule has 0 unspecified atom stereocenters. The summed E-state index contributed by atoms with van der Waals surface area (Å²) in [6.07, 6.45) is 13.6. The molecule has 0 aromatic carbocycles. The molecule has 1 heteroatoms. The van der Waals surface area contributed by atoms with E-state index >= 15 is 0 Å². The van der Waals surface area contributed by atoms with Crippen LogP contribution in [0.5, 0.6) is 0 Å². The van der Waals surface area contributed by atoms with Crippen LogP contribution in [0.15, 0.2) is 58.4 Å². The van der Waals surface area contributed by atoms with Gasteiger partial charge in [0, 0.05) is 11.8 Å². The van der Waals surface area contributed by atoms with Crippen molar-refractivity contribution in [3.63, 3.8) is 0 Å². The second-order valence-electron chi connectivity index (χ2n) is 2.32. The zero-order valence-corrected chi connectivity index (χ0v) is 5.99. The molecule has 0 N–H and O–H groups in total. The number of hydrogen-bond acceptors (Lipinski definition) is 1. The van der Waals surface area contributed by atoms with E-state index in [1.807, 2.05) is 36.5 Å². The average molecular weight is 141 g/mol. The van der Waals surface area contributed by atoms with Gasteiger partial charge in [0.25, 0.3) is 0 Å². The molecule has 0 saturated heterocycles. The lowest BCUT2D eigenvalue weighted by atomic mass is 10.2. The Hall–Kier alpha value is -1.59. The minimum absolute atomic E-state index is 0.884. The van der Waals surface area contributed by atoms with E-state index in [-0.39, 0.29) is 0 Å². The fourth-order valence-electron chi connectivity index (χ4n) is 0.980. The maximum atomic E-state index is 4.15. The first-order valence-electron chi connectivity index (χ1n) is 3.51. The van der Waals surface area contributed by atoms with Gasteiger partial charge >= 0.3 is 0 Å². The van der Waals surface area contributed by atoms with Crippen molar-refractivity contribution in [2.75, 3.05) is 0 Å². The molecule has 2 rings (SSSR count). The molecule has 0 amide bonds. The van der Waals surface area contributed by atoms with E-state index < -0.39 is 0 Å². The van der Waals surface area contributed by atoms with Gasteiger partial charge in [0.1, 0.15) is 5.70 Å². The molecule has 1 nitrogen and oxygen atoms in total. The maximum Gasteiger partial charge on any atom is 0.105 e. The van der Waals surface area contributed by atoms with Gasteiger partial charge in [-0.2, -0.15) is 0 Å². The van der Waals surface area contributed by atoms with Crippen LogP contribution in [0.2, 0.25) is 0 Å². The summed E-state index contributed by atoms with van der Waals surface area (Å²) in [7, 11) is 0. The van der Waals surface area contributed by atoms with E-state index in [2.05, 4.69) is 10.7 Å². The molecule has 2 aliphatic rings. The van der Waals surface area contributed by atoms with Crippen LogP contribution < -0.4 is 0 Å². The van der Waals surface area contributed by atoms with Gasteiger partial charge in [0.05, 0.1) is 0 Å². The number of allylic oxidation sites excluding steroid dienone is 6. The molecule has 0 radical (unpaired) electrons. The van der Waals surface area contributed by atoms with Gasteiger partial charge in [-0.15, -0.1) is 0 Å². The molecular weight excluding hydrogens is 134 g/mol. The fraction of sp³-hybridized carbons (Fsp3) is 0. The van der Waals surface area contributed by atoms with Crippen LogP contribution in [0, 0.1) is 0 Å². The third-order valence-corrected chi connectivity index (χ3v) is 1.49. The minimum Gasteiger partial charge on any atom is -0.248 e. The molecule has 0 aromatic heterocycles. The number of aliphatic imine (C=N–C) groups is 1. The quantitative estimate of drug-likeness (QED) is 0.458. The molecular formula is C10H7N. The highest BCUT2D eigenvalue weighted by Gasteiger charge is 1.92. The largest absolute Gasteiger partial charge is 0.248 e. The predicted molar refractivity (Wildman–Crippen MR) is 46.5 cm³/mol. The van der Waals surface area contributed by atoms with Gasteiger partial charge in [0.15, 0.2) is 0 Å². The van der Waals surface area contributed by atoms with Gasteiger partial charge < -0.3 is 0 Å². The average Bonchev–Trinajstić information content (AvgIpc) is 2.36. The van der Waals surface area contributed by atoms with Crippen LogP contribution in [0.1, 0.15) is 0 Å². The first-order chi connectivity index (χ1) is 5.45. The highest BCUT2D eigenvalue weighted by Crippen LogP contribution is 2.09. The highest BCUT2D eigenvalue weighted by molar-refractivity contribution is 5.74. The SMILES string of the molecule is C1=C2C=CC=CC=1N=CC=C2. The van der Waals surface area contributed by atoms with Crippen molar-refractivity contribution in [3.05, 3.63) is 53.5 Å². The molecule has 0 atom stereocenters. The van der Waals surface area contributed by atoms with Gasteiger partial charge in [-0.3, -0.25) is 0 Å². The van der Waals surface area contributed by atoms with Crippen molar-refractivity contribution in [2.24, 2.45) is 4.99 Å². The molecule has 0 spiro atoms. The molecule has 52 valence electrons. The molecule has 2 bridgehead atoms. The van der Waals surface area contributed by atoms with E-state index in [0.717, 1.165) is 11.3 Å². The summed E-state index contributed by atoms with van der Waals surface area (Å²) in [6.45, 7) is 0. The monoisotopic (exact) mass is 141 g/mol. The molecule has 11 heavy (non-hydrogen) atoms. The molecule has 0 saturated carbocycles. The van der Waals surface area contributed by atoms with Gasteiger partial charge in [-0.1, -0.05) is 17.9 Å². The topological polar surface area (TPSA) is 12.4 Å². The predicted octanol–water partition coefficient (Wildman–Crippen LogP) is 2.16. The Kier molecular flexibility index (Phi) is 1.43. The van der Waals surface area contributed by atoms with E-state index in [1.54, 1.807) is 6.21 Å². The molecule has 1 aliphatic heterocycles. The smallest absolute Gasteiger partial charge is 0.105 e. The van der Waals surface area contributed by atoms with Crippen LogP contribution in [0.25, 0.3) is 0 Å². The van der Waals surface area contributed by atoms with E-state index in [1.165, 1.54) is 0 Å². The number of nitrogens with zero attached hydrogens (tertiary/aromatic N) is 1. The van der Waals surface area contributed by atoms with Crippen LogP contribution in [-0.2, 0) is 0 Å². The summed E-state index contributed by atoms with van der Waals surface area (Å²) in [5.74, 6) is 0. The maximum absolute atomic E-state index is 4.15. The summed E-state index contributed by atoms with van der Waals surface area (Å²) in [4.78, 5) is 4.15. The molecule has 0 fully saturated rings. The van der Waals surface area contributed by atoms with E-state index in [4.69, 9.17) is 0 Å². The lowest BCUT2D eigenvalue weighted by Crippen LogP contribution is -1.67.